The standard InChI is InChI=1S/C11H10O/c12-11-3-1-2-10(8-11)7-6-9-4-5-9/h1-3,8-9,12H,4-5H2. The summed E-state index contributed by atoms with van der Waals surface area (Å²) >= 11 is 0. The molecule has 0 bridgehead atoms. The van der Waals surface area contributed by atoms with Gasteiger partial charge < -0.3 is 5.11 Å². The summed E-state index contributed by atoms with van der Waals surface area (Å²) in [6, 6.07) is 7.07. The SMILES string of the molecule is Oc1cccc(C#CC2CC2)c1. The van der Waals surface area contributed by atoms with Crippen LogP contribution in [0.5, 0.6) is 5.75 Å². The van der Waals surface area contributed by atoms with Crippen molar-refractivity contribution in [3.05, 3.63) is 29.8 Å². The lowest BCUT2D eigenvalue weighted by Gasteiger charge is -1.90. The fourth-order valence-corrected chi connectivity index (χ4v) is 0.997. The van der Waals surface area contributed by atoms with Gasteiger partial charge >= 0.3 is 0 Å². The van der Waals surface area contributed by atoms with Crippen molar-refractivity contribution >= 4 is 0 Å². The predicted molar refractivity (Wildman–Crippen MR) is 47.7 cm³/mol. The van der Waals surface area contributed by atoms with E-state index in [1.165, 1.54) is 12.8 Å². The molecule has 1 heteroatoms. The van der Waals surface area contributed by atoms with Gasteiger partial charge in [-0.3, -0.25) is 0 Å². The molecule has 1 fully saturated rings. The van der Waals surface area contributed by atoms with E-state index >= 15 is 0 Å². The van der Waals surface area contributed by atoms with Crippen molar-refractivity contribution in [3.8, 4) is 17.6 Å². The van der Waals surface area contributed by atoms with Crippen LogP contribution in [-0.4, -0.2) is 5.11 Å². The summed E-state index contributed by atoms with van der Waals surface area (Å²) in [5, 5.41) is 9.13. The first-order chi connectivity index (χ1) is 5.84. The van der Waals surface area contributed by atoms with Crippen LogP contribution in [0.25, 0.3) is 0 Å². The Morgan fingerprint density at radius 3 is 2.83 bits per heavy atom. The Bertz CT molecular complexity index is 340. The van der Waals surface area contributed by atoms with Gasteiger partial charge in [0.05, 0.1) is 0 Å². The van der Waals surface area contributed by atoms with Crippen LogP contribution < -0.4 is 0 Å². The maximum absolute atomic E-state index is 9.13. The van der Waals surface area contributed by atoms with Gasteiger partial charge in [0, 0.05) is 11.5 Å². The molecule has 1 saturated carbocycles. The lowest BCUT2D eigenvalue weighted by atomic mass is 10.2. The van der Waals surface area contributed by atoms with E-state index in [1.807, 2.05) is 12.1 Å². The third kappa shape index (κ3) is 1.79. The zero-order chi connectivity index (χ0) is 8.39. The average Bonchev–Trinajstić information content (AvgIpc) is 2.84. The number of phenolic OH excluding ortho intramolecular Hbond substituents is 1. The number of phenols is 1. The molecular formula is C11H10O. The molecule has 0 atom stereocenters. The van der Waals surface area contributed by atoms with Gasteiger partial charge in [0.2, 0.25) is 0 Å². The molecule has 1 nitrogen and oxygen atoms in total. The van der Waals surface area contributed by atoms with Gasteiger partial charge in [-0.25, -0.2) is 0 Å². The Morgan fingerprint density at radius 1 is 1.33 bits per heavy atom. The summed E-state index contributed by atoms with van der Waals surface area (Å²) in [6.07, 6.45) is 2.48. The molecule has 1 aromatic carbocycles. The minimum atomic E-state index is 0.289. The highest BCUT2D eigenvalue weighted by molar-refractivity contribution is 5.39. The van der Waals surface area contributed by atoms with Crippen molar-refractivity contribution in [2.75, 3.05) is 0 Å². The quantitative estimate of drug-likeness (QED) is 0.573. The molecule has 0 saturated heterocycles. The van der Waals surface area contributed by atoms with Gasteiger partial charge in [-0.2, -0.15) is 0 Å². The summed E-state index contributed by atoms with van der Waals surface area (Å²) in [5.74, 6) is 7.08. The lowest BCUT2D eigenvalue weighted by molar-refractivity contribution is 0.475. The first-order valence-electron chi connectivity index (χ1n) is 4.15. The highest BCUT2D eigenvalue weighted by Gasteiger charge is 2.17. The molecule has 0 heterocycles. The highest BCUT2D eigenvalue weighted by Crippen LogP contribution is 2.27. The molecule has 12 heavy (non-hydrogen) atoms. The van der Waals surface area contributed by atoms with E-state index in [4.69, 9.17) is 5.11 Å². The molecule has 0 unspecified atom stereocenters. The molecule has 1 N–H and O–H groups in total. The van der Waals surface area contributed by atoms with Crippen molar-refractivity contribution in [2.24, 2.45) is 5.92 Å². The first kappa shape index (κ1) is 7.24. The first-order valence-corrected chi connectivity index (χ1v) is 4.15. The number of benzene rings is 1. The lowest BCUT2D eigenvalue weighted by Crippen LogP contribution is -1.73. The van der Waals surface area contributed by atoms with Crippen LogP contribution >= 0.6 is 0 Å². The highest BCUT2D eigenvalue weighted by atomic mass is 16.3. The van der Waals surface area contributed by atoms with Crippen LogP contribution in [0.3, 0.4) is 0 Å². The second kappa shape index (κ2) is 2.91. The molecule has 0 radical (unpaired) electrons. The zero-order valence-electron chi connectivity index (χ0n) is 6.75. The van der Waals surface area contributed by atoms with E-state index in [1.54, 1.807) is 12.1 Å². The average molecular weight is 158 g/mol. The van der Waals surface area contributed by atoms with E-state index in [0.717, 1.165) is 5.56 Å². The van der Waals surface area contributed by atoms with E-state index in [2.05, 4.69) is 11.8 Å². The van der Waals surface area contributed by atoms with Crippen LogP contribution in [0.1, 0.15) is 18.4 Å². The van der Waals surface area contributed by atoms with Gasteiger partial charge in [0.1, 0.15) is 5.75 Å². The summed E-state index contributed by atoms with van der Waals surface area (Å²) < 4.78 is 0. The predicted octanol–water partition coefficient (Wildman–Crippen LogP) is 2.15. The van der Waals surface area contributed by atoms with Crippen molar-refractivity contribution < 1.29 is 5.11 Å². The van der Waals surface area contributed by atoms with Crippen molar-refractivity contribution in [1.29, 1.82) is 0 Å². The Kier molecular flexibility index (Phi) is 1.75. The topological polar surface area (TPSA) is 20.2 Å². The second-order valence-electron chi connectivity index (χ2n) is 3.09. The summed E-state index contributed by atoms with van der Waals surface area (Å²) in [7, 11) is 0. The van der Waals surface area contributed by atoms with Crippen molar-refractivity contribution in [3.63, 3.8) is 0 Å². The molecule has 1 aliphatic carbocycles. The molecule has 0 aromatic heterocycles. The fourth-order valence-electron chi connectivity index (χ4n) is 0.997. The molecule has 60 valence electrons. The minimum absolute atomic E-state index is 0.289. The monoisotopic (exact) mass is 158 g/mol. The molecule has 0 amide bonds. The van der Waals surface area contributed by atoms with Gasteiger partial charge in [-0.1, -0.05) is 17.9 Å². The van der Waals surface area contributed by atoms with Crippen molar-refractivity contribution in [1.82, 2.24) is 0 Å². The van der Waals surface area contributed by atoms with Crippen LogP contribution in [0, 0.1) is 17.8 Å². The molecule has 1 aliphatic rings. The summed E-state index contributed by atoms with van der Waals surface area (Å²) in [6.45, 7) is 0. The van der Waals surface area contributed by atoms with Crippen LogP contribution in [0.2, 0.25) is 0 Å². The van der Waals surface area contributed by atoms with Gasteiger partial charge in [-0.15, -0.1) is 0 Å². The molecule has 0 aliphatic heterocycles. The third-order valence-corrected chi connectivity index (χ3v) is 1.84. The Balaban J connectivity index is 2.18. The number of rotatable bonds is 0. The van der Waals surface area contributed by atoms with E-state index in [0.29, 0.717) is 5.92 Å². The largest absolute Gasteiger partial charge is 0.508 e. The summed E-state index contributed by atoms with van der Waals surface area (Å²) in [5.41, 5.74) is 0.905. The number of aromatic hydroxyl groups is 1. The third-order valence-electron chi connectivity index (χ3n) is 1.84. The Labute approximate surface area is 72.0 Å². The van der Waals surface area contributed by atoms with Crippen molar-refractivity contribution in [2.45, 2.75) is 12.8 Å². The van der Waals surface area contributed by atoms with Gasteiger partial charge in [0.15, 0.2) is 0 Å². The number of hydrogen-bond acceptors (Lipinski definition) is 1. The Morgan fingerprint density at radius 2 is 2.17 bits per heavy atom. The van der Waals surface area contributed by atoms with Crippen LogP contribution in [0.4, 0.5) is 0 Å². The number of hydrogen-bond donors (Lipinski definition) is 1. The van der Waals surface area contributed by atoms with E-state index < -0.39 is 0 Å². The smallest absolute Gasteiger partial charge is 0.116 e. The molecular weight excluding hydrogens is 148 g/mol. The second-order valence-corrected chi connectivity index (χ2v) is 3.09. The zero-order valence-corrected chi connectivity index (χ0v) is 6.75. The van der Waals surface area contributed by atoms with Crippen LogP contribution in [0.15, 0.2) is 24.3 Å². The summed E-state index contributed by atoms with van der Waals surface area (Å²) in [4.78, 5) is 0. The van der Waals surface area contributed by atoms with Gasteiger partial charge in [0.25, 0.3) is 0 Å². The van der Waals surface area contributed by atoms with E-state index in [9.17, 15) is 0 Å². The Hall–Kier alpha value is -1.42. The normalized spacial score (nSPS) is 15.0. The molecule has 2 rings (SSSR count). The van der Waals surface area contributed by atoms with Crippen LogP contribution in [-0.2, 0) is 0 Å². The fraction of sp³-hybridized carbons (Fsp3) is 0.273. The molecule has 1 aromatic rings. The maximum atomic E-state index is 9.13. The molecule has 0 spiro atoms. The minimum Gasteiger partial charge on any atom is -0.508 e. The van der Waals surface area contributed by atoms with Gasteiger partial charge in [-0.05, 0) is 31.0 Å². The maximum Gasteiger partial charge on any atom is 0.116 e. The van der Waals surface area contributed by atoms with E-state index in [-0.39, 0.29) is 5.75 Å².